The van der Waals surface area contributed by atoms with Crippen molar-refractivity contribution in [1.82, 2.24) is 9.80 Å². The van der Waals surface area contributed by atoms with E-state index < -0.39 is 0 Å². The molecule has 30 heavy (non-hydrogen) atoms. The van der Waals surface area contributed by atoms with Gasteiger partial charge in [-0.05, 0) is 60.8 Å². The molecule has 2 fully saturated rings. The maximum absolute atomic E-state index is 13.4. The second kappa shape index (κ2) is 9.91. The average Bonchev–Trinajstić information content (AvgIpc) is 2.80. The molecule has 0 radical (unpaired) electrons. The molecule has 0 unspecified atom stereocenters. The van der Waals surface area contributed by atoms with Gasteiger partial charge in [-0.25, -0.2) is 4.39 Å². The van der Waals surface area contributed by atoms with Crippen LogP contribution < -0.4 is 0 Å². The zero-order valence-electron chi connectivity index (χ0n) is 18.1. The third-order valence-corrected chi connectivity index (χ3v) is 7.29. The fourth-order valence-electron chi connectivity index (χ4n) is 5.42. The third-order valence-electron chi connectivity index (χ3n) is 7.29. The highest BCUT2D eigenvalue weighted by Gasteiger charge is 2.35. The fraction of sp³-hybridized carbons (Fsp3) is 0.577. The molecular formula is C26H35FN2O. The summed E-state index contributed by atoms with van der Waals surface area (Å²) >= 11 is 0. The number of carbonyl (C=O) groups excluding carboxylic acids is 1. The first-order valence-electron chi connectivity index (χ1n) is 11.8. The van der Waals surface area contributed by atoms with E-state index in [-0.39, 0.29) is 11.2 Å². The van der Waals surface area contributed by atoms with Crippen LogP contribution in [0.1, 0.15) is 63.4 Å². The lowest BCUT2D eigenvalue weighted by Gasteiger charge is -2.39. The highest BCUT2D eigenvalue weighted by Crippen LogP contribution is 2.43. The molecule has 3 nitrogen and oxygen atoms in total. The Morgan fingerprint density at radius 2 is 1.70 bits per heavy atom. The highest BCUT2D eigenvalue weighted by atomic mass is 19.1. The highest BCUT2D eigenvalue weighted by molar-refractivity contribution is 5.76. The predicted molar refractivity (Wildman–Crippen MR) is 120 cm³/mol. The summed E-state index contributed by atoms with van der Waals surface area (Å²) in [6.07, 6.45) is 16.6. The molecular weight excluding hydrogens is 375 g/mol. The van der Waals surface area contributed by atoms with Gasteiger partial charge in [-0.15, -0.1) is 0 Å². The van der Waals surface area contributed by atoms with Gasteiger partial charge in [0.15, 0.2) is 0 Å². The Hall–Kier alpha value is -1.94. The summed E-state index contributed by atoms with van der Waals surface area (Å²) in [5, 5.41) is 0. The lowest BCUT2D eigenvalue weighted by molar-refractivity contribution is -0.133. The van der Waals surface area contributed by atoms with Crippen LogP contribution in [0.3, 0.4) is 0 Å². The van der Waals surface area contributed by atoms with E-state index >= 15 is 0 Å². The molecule has 0 spiro atoms. The summed E-state index contributed by atoms with van der Waals surface area (Å²) in [5.41, 5.74) is 2.68. The fourth-order valence-corrected chi connectivity index (χ4v) is 5.42. The Bertz CT molecular complexity index is 769. The number of amides is 1. The molecule has 1 aromatic rings. The van der Waals surface area contributed by atoms with E-state index in [4.69, 9.17) is 0 Å². The van der Waals surface area contributed by atoms with Gasteiger partial charge in [-0.2, -0.15) is 0 Å². The van der Waals surface area contributed by atoms with E-state index in [0.29, 0.717) is 12.3 Å². The van der Waals surface area contributed by atoms with Gasteiger partial charge < -0.3 is 4.90 Å². The average molecular weight is 411 g/mol. The second-order valence-corrected chi connectivity index (χ2v) is 9.26. The molecule has 1 heterocycles. The third kappa shape index (κ3) is 5.21. The number of rotatable bonds is 6. The predicted octanol–water partition coefficient (Wildman–Crippen LogP) is 5.23. The quantitative estimate of drug-likeness (QED) is 0.641. The summed E-state index contributed by atoms with van der Waals surface area (Å²) in [4.78, 5) is 17.5. The van der Waals surface area contributed by atoms with Crippen LogP contribution in [0.5, 0.6) is 0 Å². The first kappa shape index (κ1) is 21.3. The summed E-state index contributed by atoms with van der Waals surface area (Å²) in [5.74, 6) is 0.108. The Morgan fingerprint density at radius 3 is 2.37 bits per heavy atom. The number of halogens is 1. The van der Waals surface area contributed by atoms with Crippen molar-refractivity contribution in [1.29, 1.82) is 0 Å². The van der Waals surface area contributed by atoms with Crippen molar-refractivity contribution in [2.45, 2.75) is 63.2 Å². The number of carbonyl (C=O) groups is 1. The van der Waals surface area contributed by atoms with Gasteiger partial charge >= 0.3 is 0 Å². The van der Waals surface area contributed by atoms with E-state index in [1.54, 1.807) is 12.1 Å². The minimum atomic E-state index is -0.182. The monoisotopic (exact) mass is 410 g/mol. The Labute approximate surface area is 180 Å². The van der Waals surface area contributed by atoms with E-state index in [2.05, 4.69) is 28.0 Å². The molecule has 0 aromatic heterocycles. The number of piperazine rings is 1. The summed E-state index contributed by atoms with van der Waals surface area (Å²) in [7, 11) is 0. The zero-order valence-corrected chi connectivity index (χ0v) is 18.1. The van der Waals surface area contributed by atoms with Crippen LogP contribution >= 0.6 is 0 Å². The van der Waals surface area contributed by atoms with E-state index in [1.807, 2.05) is 12.1 Å². The maximum atomic E-state index is 13.4. The molecule has 0 N–H and O–H groups in total. The van der Waals surface area contributed by atoms with E-state index in [1.165, 1.54) is 30.4 Å². The first-order valence-corrected chi connectivity index (χ1v) is 11.8. The molecule has 1 saturated heterocycles. The minimum Gasteiger partial charge on any atom is -0.340 e. The van der Waals surface area contributed by atoms with Crippen LogP contribution in [0, 0.1) is 5.82 Å². The largest absolute Gasteiger partial charge is 0.340 e. The lowest BCUT2D eigenvalue weighted by atomic mass is 9.67. The molecule has 1 amide bonds. The smallest absolute Gasteiger partial charge is 0.222 e. The van der Waals surface area contributed by atoms with Crippen molar-refractivity contribution in [3.63, 3.8) is 0 Å². The van der Waals surface area contributed by atoms with Crippen LogP contribution in [0.2, 0.25) is 0 Å². The molecule has 0 bridgehead atoms. The van der Waals surface area contributed by atoms with Crippen molar-refractivity contribution in [2.24, 2.45) is 0 Å². The van der Waals surface area contributed by atoms with Crippen molar-refractivity contribution < 1.29 is 9.18 Å². The van der Waals surface area contributed by atoms with Crippen LogP contribution in [-0.4, -0.2) is 48.4 Å². The van der Waals surface area contributed by atoms with Crippen molar-refractivity contribution >= 4 is 5.91 Å². The van der Waals surface area contributed by atoms with Crippen molar-refractivity contribution in [2.75, 3.05) is 32.7 Å². The topological polar surface area (TPSA) is 23.6 Å². The van der Waals surface area contributed by atoms with E-state index in [0.717, 1.165) is 64.8 Å². The molecule has 2 aliphatic carbocycles. The number of hydrogen-bond acceptors (Lipinski definition) is 2. The normalized spacial score (nSPS) is 22.0. The van der Waals surface area contributed by atoms with E-state index in [9.17, 15) is 9.18 Å². The molecule has 3 aliphatic rings. The Kier molecular flexibility index (Phi) is 7.04. The molecule has 1 saturated carbocycles. The van der Waals surface area contributed by atoms with Gasteiger partial charge in [0.1, 0.15) is 5.82 Å². The second-order valence-electron chi connectivity index (χ2n) is 9.26. The van der Waals surface area contributed by atoms with Crippen LogP contribution in [-0.2, 0) is 10.2 Å². The summed E-state index contributed by atoms with van der Waals surface area (Å²) < 4.78 is 13.4. The van der Waals surface area contributed by atoms with Crippen LogP contribution in [0.4, 0.5) is 4.39 Å². The van der Waals surface area contributed by atoms with Gasteiger partial charge in [-0.1, -0.05) is 49.6 Å². The number of hydrogen-bond donors (Lipinski definition) is 0. The molecule has 0 atom stereocenters. The van der Waals surface area contributed by atoms with Crippen molar-refractivity contribution in [3.8, 4) is 0 Å². The first-order chi connectivity index (χ1) is 14.6. The van der Waals surface area contributed by atoms with Gasteiger partial charge in [0, 0.05) is 39.1 Å². The van der Waals surface area contributed by atoms with Gasteiger partial charge in [0.05, 0.1) is 0 Å². The SMILES string of the molecule is O=C(CCC1(c2ccc(F)cc2)CCCCC1)N1CCN(CC2=CCCC=C2)CC1. The lowest BCUT2D eigenvalue weighted by Crippen LogP contribution is -2.49. The van der Waals surface area contributed by atoms with Crippen molar-refractivity contribution in [3.05, 3.63) is 59.4 Å². The summed E-state index contributed by atoms with van der Waals surface area (Å²) in [6, 6.07) is 7.03. The van der Waals surface area contributed by atoms with Crippen LogP contribution in [0.25, 0.3) is 0 Å². The molecule has 4 rings (SSSR count). The number of allylic oxidation sites excluding steroid dienone is 2. The Balaban J connectivity index is 1.30. The molecule has 1 aliphatic heterocycles. The van der Waals surface area contributed by atoms with Gasteiger partial charge in [0.25, 0.3) is 0 Å². The maximum Gasteiger partial charge on any atom is 0.222 e. The molecule has 1 aromatic carbocycles. The molecule has 4 heteroatoms. The number of benzene rings is 1. The van der Waals surface area contributed by atoms with Crippen LogP contribution in [0.15, 0.2) is 48.1 Å². The number of nitrogens with zero attached hydrogens (tertiary/aromatic N) is 2. The zero-order chi connectivity index (χ0) is 20.8. The Morgan fingerprint density at radius 1 is 0.967 bits per heavy atom. The molecule has 162 valence electrons. The van der Waals surface area contributed by atoms with Gasteiger partial charge in [-0.3, -0.25) is 9.69 Å². The standard InChI is InChI=1S/C26H35FN2O/c27-24-11-9-23(10-12-24)26(14-5-2-6-15-26)16-13-25(30)29-19-17-28(18-20-29)21-22-7-3-1-4-8-22/h3,7-12H,1-2,4-6,13-21H2. The van der Waals surface area contributed by atoms with Gasteiger partial charge in [0.2, 0.25) is 5.91 Å². The summed E-state index contributed by atoms with van der Waals surface area (Å²) in [6.45, 7) is 4.59. The minimum absolute atomic E-state index is 0.0449.